The van der Waals surface area contributed by atoms with Gasteiger partial charge in [0.05, 0.1) is 11.8 Å². The highest BCUT2D eigenvalue weighted by Gasteiger charge is 2.17. The van der Waals surface area contributed by atoms with E-state index in [4.69, 9.17) is 10.2 Å². The molecule has 0 radical (unpaired) electrons. The van der Waals surface area contributed by atoms with Gasteiger partial charge in [0.15, 0.2) is 17.4 Å². The number of anilines is 1. The van der Waals surface area contributed by atoms with Gasteiger partial charge in [0, 0.05) is 11.8 Å². The molecule has 0 atom stereocenters. The van der Waals surface area contributed by atoms with E-state index in [1.165, 1.54) is 18.4 Å². The molecule has 1 aromatic heterocycles. The fourth-order valence-corrected chi connectivity index (χ4v) is 1.30. The van der Waals surface area contributed by atoms with E-state index in [1.54, 1.807) is 0 Å². The number of nitrogen functional groups attached to an aromatic ring is 1. The Morgan fingerprint density at radius 1 is 1.25 bits per heavy atom. The van der Waals surface area contributed by atoms with Gasteiger partial charge < -0.3 is 10.2 Å². The minimum absolute atomic E-state index is 0.0257. The zero-order valence-corrected chi connectivity index (χ0v) is 8.04. The van der Waals surface area contributed by atoms with Crippen LogP contribution >= 0.6 is 0 Å². The van der Waals surface area contributed by atoms with Crippen molar-refractivity contribution < 1.29 is 18.0 Å². The van der Waals surface area contributed by atoms with Gasteiger partial charge in [-0.05, 0) is 18.2 Å². The van der Waals surface area contributed by atoms with Crippen LogP contribution in [0, 0.1) is 11.6 Å². The molecule has 16 heavy (non-hydrogen) atoms. The van der Waals surface area contributed by atoms with E-state index in [0.717, 1.165) is 12.1 Å². The summed E-state index contributed by atoms with van der Waals surface area (Å²) >= 11 is 0. The lowest BCUT2D eigenvalue weighted by molar-refractivity contribution is 0.101. The van der Waals surface area contributed by atoms with Gasteiger partial charge in [0.2, 0.25) is 5.78 Å². The largest absolute Gasteiger partial charge is 0.461 e. The Bertz CT molecular complexity index is 535. The van der Waals surface area contributed by atoms with Gasteiger partial charge >= 0.3 is 0 Å². The summed E-state index contributed by atoms with van der Waals surface area (Å²) in [6.45, 7) is 0. The molecule has 3 nitrogen and oxygen atoms in total. The van der Waals surface area contributed by atoms with E-state index in [1.807, 2.05) is 0 Å². The van der Waals surface area contributed by atoms with Crippen LogP contribution < -0.4 is 5.73 Å². The monoisotopic (exact) mass is 223 g/mol. The number of nitrogens with two attached hydrogens (primary N) is 1. The summed E-state index contributed by atoms with van der Waals surface area (Å²) in [5, 5.41) is 0. The average Bonchev–Trinajstić information content (AvgIpc) is 2.75. The maximum absolute atomic E-state index is 12.9. The van der Waals surface area contributed by atoms with Crippen LogP contribution in [0.15, 0.2) is 34.9 Å². The first-order chi connectivity index (χ1) is 7.59. The van der Waals surface area contributed by atoms with Crippen molar-refractivity contribution in [2.75, 3.05) is 5.73 Å². The molecule has 0 saturated heterocycles. The van der Waals surface area contributed by atoms with Crippen LogP contribution in [0.2, 0.25) is 0 Å². The van der Waals surface area contributed by atoms with Crippen molar-refractivity contribution in [2.24, 2.45) is 0 Å². The zero-order valence-electron chi connectivity index (χ0n) is 8.04. The van der Waals surface area contributed by atoms with E-state index in [-0.39, 0.29) is 17.0 Å². The van der Waals surface area contributed by atoms with E-state index in [2.05, 4.69) is 0 Å². The Balaban J connectivity index is 2.49. The lowest BCUT2D eigenvalue weighted by Gasteiger charge is -2.03. The van der Waals surface area contributed by atoms with Crippen LogP contribution in [0.5, 0.6) is 0 Å². The van der Waals surface area contributed by atoms with Crippen molar-refractivity contribution in [3.63, 3.8) is 0 Å². The number of hydrogen-bond acceptors (Lipinski definition) is 3. The number of ketones is 1. The predicted molar refractivity (Wildman–Crippen MR) is 52.9 cm³/mol. The van der Waals surface area contributed by atoms with Crippen LogP contribution in [-0.4, -0.2) is 5.78 Å². The first-order valence-corrected chi connectivity index (χ1v) is 4.42. The minimum Gasteiger partial charge on any atom is -0.461 e. The van der Waals surface area contributed by atoms with E-state index in [9.17, 15) is 13.6 Å². The number of furan rings is 1. The number of halogens is 2. The zero-order chi connectivity index (χ0) is 11.7. The molecule has 0 amide bonds. The highest BCUT2D eigenvalue weighted by Crippen LogP contribution is 2.20. The van der Waals surface area contributed by atoms with Crippen molar-refractivity contribution in [1.82, 2.24) is 0 Å². The van der Waals surface area contributed by atoms with Crippen LogP contribution in [-0.2, 0) is 0 Å². The number of hydrogen-bond donors (Lipinski definition) is 1. The summed E-state index contributed by atoms with van der Waals surface area (Å²) in [5.41, 5.74) is 5.19. The molecule has 0 unspecified atom stereocenters. The van der Waals surface area contributed by atoms with Gasteiger partial charge in [-0.15, -0.1) is 0 Å². The third-order valence-corrected chi connectivity index (χ3v) is 2.08. The van der Waals surface area contributed by atoms with Crippen LogP contribution in [0.4, 0.5) is 14.5 Å². The highest BCUT2D eigenvalue weighted by molar-refractivity contribution is 6.10. The molecule has 2 aromatic rings. The Morgan fingerprint density at radius 2 is 1.94 bits per heavy atom. The van der Waals surface area contributed by atoms with Crippen molar-refractivity contribution in [3.8, 4) is 0 Å². The molecule has 0 fully saturated rings. The molecule has 2 rings (SSSR count). The van der Waals surface area contributed by atoms with Gasteiger partial charge in [-0.2, -0.15) is 0 Å². The number of carbonyl (C=O) groups excluding carboxylic acids is 1. The SMILES string of the molecule is Nc1cc(F)c(F)cc1C(=O)c1ccco1. The fraction of sp³-hybridized carbons (Fsp3) is 0. The number of rotatable bonds is 2. The Hall–Kier alpha value is -2.17. The van der Waals surface area contributed by atoms with Crippen molar-refractivity contribution in [3.05, 3.63) is 53.5 Å². The third kappa shape index (κ3) is 1.67. The van der Waals surface area contributed by atoms with E-state index >= 15 is 0 Å². The van der Waals surface area contributed by atoms with Gasteiger partial charge in [0.25, 0.3) is 0 Å². The summed E-state index contributed by atoms with van der Waals surface area (Å²) in [7, 11) is 0. The molecule has 0 bridgehead atoms. The van der Waals surface area contributed by atoms with Crippen LogP contribution in [0.25, 0.3) is 0 Å². The molecule has 1 aromatic carbocycles. The quantitative estimate of drug-likeness (QED) is 0.628. The fourth-order valence-electron chi connectivity index (χ4n) is 1.30. The third-order valence-electron chi connectivity index (χ3n) is 2.08. The predicted octanol–water partition coefficient (Wildman–Crippen LogP) is 2.37. The van der Waals surface area contributed by atoms with Crippen molar-refractivity contribution >= 4 is 11.5 Å². The summed E-state index contributed by atoms with van der Waals surface area (Å²) in [5.74, 6) is -2.77. The van der Waals surface area contributed by atoms with E-state index < -0.39 is 17.4 Å². The van der Waals surface area contributed by atoms with Gasteiger partial charge in [0.1, 0.15) is 0 Å². The van der Waals surface area contributed by atoms with Gasteiger partial charge in [-0.3, -0.25) is 4.79 Å². The lowest BCUT2D eigenvalue weighted by Crippen LogP contribution is -2.06. The average molecular weight is 223 g/mol. The van der Waals surface area contributed by atoms with Crippen molar-refractivity contribution in [1.29, 1.82) is 0 Å². The molecule has 0 aliphatic carbocycles. The minimum atomic E-state index is -1.12. The maximum Gasteiger partial charge on any atom is 0.230 e. The number of benzene rings is 1. The molecule has 2 N–H and O–H groups in total. The second-order valence-corrected chi connectivity index (χ2v) is 3.16. The summed E-state index contributed by atoms with van der Waals surface area (Å²) in [4.78, 5) is 11.7. The van der Waals surface area contributed by atoms with Crippen LogP contribution in [0.3, 0.4) is 0 Å². The van der Waals surface area contributed by atoms with Gasteiger partial charge in [-0.1, -0.05) is 0 Å². The second-order valence-electron chi connectivity index (χ2n) is 3.16. The maximum atomic E-state index is 12.9. The summed E-state index contributed by atoms with van der Waals surface area (Å²) in [6, 6.07) is 4.47. The topological polar surface area (TPSA) is 56.2 Å². The Morgan fingerprint density at radius 3 is 2.56 bits per heavy atom. The molecular formula is C11H7F2NO2. The van der Waals surface area contributed by atoms with Crippen molar-refractivity contribution in [2.45, 2.75) is 0 Å². The first kappa shape index (κ1) is 10.4. The summed E-state index contributed by atoms with van der Waals surface area (Å²) in [6.07, 6.45) is 1.31. The standard InChI is InChI=1S/C11H7F2NO2/c12-7-4-6(9(14)5-8(7)13)11(15)10-2-1-3-16-10/h1-5H,14H2. The lowest BCUT2D eigenvalue weighted by atomic mass is 10.1. The molecule has 82 valence electrons. The normalized spacial score (nSPS) is 10.4. The molecule has 0 aliphatic heterocycles. The number of carbonyl (C=O) groups is 1. The first-order valence-electron chi connectivity index (χ1n) is 4.42. The summed E-state index contributed by atoms with van der Waals surface area (Å²) < 4.78 is 30.6. The Labute approximate surface area is 89.5 Å². The molecule has 5 heteroatoms. The molecule has 0 spiro atoms. The molecule has 0 saturated carbocycles. The smallest absolute Gasteiger partial charge is 0.230 e. The second kappa shape index (κ2) is 3.77. The Kier molecular flexibility index (Phi) is 2.44. The van der Waals surface area contributed by atoms with Crippen LogP contribution in [0.1, 0.15) is 16.1 Å². The van der Waals surface area contributed by atoms with E-state index in [0.29, 0.717) is 0 Å². The molecule has 1 heterocycles. The highest BCUT2D eigenvalue weighted by atomic mass is 19.2. The van der Waals surface area contributed by atoms with Gasteiger partial charge in [-0.25, -0.2) is 8.78 Å². The molecular weight excluding hydrogens is 216 g/mol. The molecule has 0 aliphatic rings.